The zero-order valence-electron chi connectivity index (χ0n) is 11.2. The maximum absolute atomic E-state index is 5.20. The summed E-state index contributed by atoms with van der Waals surface area (Å²) in [4.78, 5) is 6.89. The summed E-state index contributed by atoms with van der Waals surface area (Å²) in [5, 5.41) is 1.97. The van der Waals surface area contributed by atoms with Gasteiger partial charge in [0, 0.05) is 32.4 Å². The first-order chi connectivity index (χ1) is 8.50. The number of rotatable bonds is 2. The van der Waals surface area contributed by atoms with Crippen LogP contribution in [0.2, 0.25) is 0 Å². The van der Waals surface area contributed by atoms with Crippen molar-refractivity contribution in [2.24, 2.45) is 0 Å². The number of hydrogen-bond donors (Lipinski definition) is 0. The summed E-state index contributed by atoms with van der Waals surface area (Å²) in [7, 11) is 0. The fourth-order valence-electron chi connectivity index (χ4n) is 2.00. The number of piperazine rings is 1. The van der Waals surface area contributed by atoms with Gasteiger partial charge in [0.15, 0.2) is 0 Å². The highest BCUT2D eigenvalue weighted by Crippen LogP contribution is 2.23. The lowest BCUT2D eigenvalue weighted by Gasteiger charge is -2.33. The second-order valence-corrected chi connectivity index (χ2v) is 6.03. The Morgan fingerprint density at radius 2 is 1.83 bits per heavy atom. The van der Waals surface area contributed by atoms with Crippen LogP contribution in [0.4, 0.5) is 5.82 Å². The van der Waals surface area contributed by atoms with Gasteiger partial charge in [0.2, 0.25) is 0 Å². The fourth-order valence-corrected chi connectivity index (χ4v) is 2.40. The average molecular weight is 361 g/mol. The van der Waals surface area contributed by atoms with Crippen molar-refractivity contribution in [2.75, 3.05) is 31.1 Å². The highest BCUT2D eigenvalue weighted by Gasteiger charge is 2.19. The maximum atomic E-state index is 5.20. The predicted molar refractivity (Wildman–Crippen MR) is 81.8 cm³/mol. The van der Waals surface area contributed by atoms with Crippen molar-refractivity contribution in [3.05, 3.63) is 23.9 Å². The number of nitrogens with zero attached hydrogens (tertiary/aromatic N) is 3. The SMILES string of the molecule is CC(C)(C)c1ccc(N2CCN(OI)CC2)nc1. The Balaban J connectivity index is 2.02. The summed E-state index contributed by atoms with van der Waals surface area (Å²) in [6, 6.07) is 4.31. The van der Waals surface area contributed by atoms with Gasteiger partial charge < -0.3 is 4.90 Å². The molecule has 0 N–H and O–H groups in total. The molecule has 2 heterocycles. The Kier molecular flexibility index (Phi) is 4.45. The molecule has 0 aliphatic carbocycles. The van der Waals surface area contributed by atoms with Crippen molar-refractivity contribution in [2.45, 2.75) is 26.2 Å². The number of halogens is 1. The van der Waals surface area contributed by atoms with Crippen LogP contribution in [-0.2, 0) is 8.58 Å². The van der Waals surface area contributed by atoms with Gasteiger partial charge in [-0.2, -0.15) is 5.06 Å². The van der Waals surface area contributed by atoms with E-state index in [4.69, 9.17) is 3.17 Å². The van der Waals surface area contributed by atoms with Crippen LogP contribution in [0.15, 0.2) is 18.3 Å². The van der Waals surface area contributed by atoms with E-state index in [0.29, 0.717) is 0 Å². The first-order valence-electron chi connectivity index (χ1n) is 6.26. The molecular weight excluding hydrogens is 341 g/mol. The highest BCUT2D eigenvalue weighted by molar-refractivity contribution is 14.1. The summed E-state index contributed by atoms with van der Waals surface area (Å²) in [6.07, 6.45) is 2.00. The van der Waals surface area contributed by atoms with Gasteiger partial charge in [-0.3, -0.25) is 0 Å². The van der Waals surface area contributed by atoms with E-state index in [-0.39, 0.29) is 5.41 Å². The van der Waals surface area contributed by atoms with Crippen LogP contribution in [-0.4, -0.2) is 36.2 Å². The van der Waals surface area contributed by atoms with E-state index < -0.39 is 0 Å². The van der Waals surface area contributed by atoms with E-state index in [1.165, 1.54) is 5.56 Å². The zero-order chi connectivity index (χ0) is 13.2. The zero-order valence-corrected chi connectivity index (χ0v) is 13.3. The molecule has 0 saturated carbocycles. The first-order valence-corrected chi connectivity index (χ1v) is 7.14. The molecule has 1 aliphatic rings. The van der Waals surface area contributed by atoms with Crippen LogP contribution in [0.3, 0.4) is 0 Å². The third kappa shape index (κ3) is 3.33. The molecule has 1 fully saturated rings. The first kappa shape index (κ1) is 14.0. The molecule has 1 aliphatic heterocycles. The number of hydroxylamine groups is 2. The third-order valence-electron chi connectivity index (χ3n) is 3.27. The van der Waals surface area contributed by atoms with Crippen LogP contribution in [0.1, 0.15) is 26.3 Å². The van der Waals surface area contributed by atoms with Gasteiger partial charge >= 0.3 is 0 Å². The Labute approximate surface area is 123 Å². The molecule has 5 heteroatoms. The molecule has 100 valence electrons. The molecule has 0 amide bonds. The van der Waals surface area contributed by atoms with E-state index in [1.807, 2.05) is 34.3 Å². The molecule has 1 aromatic heterocycles. The molecular formula is C13H20IN3O. The second-order valence-electron chi connectivity index (χ2n) is 5.64. The quantitative estimate of drug-likeness (QED) is 0.758. The van der Waals surface area contributed by atoms with Gasteiger partial charge in [0.1, 0.15) is 28.8 Å². The molecule has 0 aromatic carbocycles. The summed E-state index contributed by atoms with van der Waals surface area (Å²) < 4.78 is 5.20. The second kappa shape index (κ2) is 5.71. The van der Waals surface area contributed by atoms with Gasteiger partial charge in [-0.05, 0) is 17.0 Å². The smallest absolute Gasteiger partial charge is 0.137 e. The highest BCUT2D eigenvalue weighted by atomic mass is 127. The van der Waals surface area contributed by atoms with Crippen molar-refractivity contribution in [1.29, 1.82) is 0 Å². The minimum atomic E-state index is 0.166. The van der Waals surface area contributed by atoms with Gasteiger partial charge in [0.05, 0.1) is 0 Å². The van der Waals surface area contributed by atoms with E-state index >= 15 is 0 Å². The fraction of sp³-hybridized carbons (Fsp3) is 0.615. The van der Waals surface area contributed by atoms with Crippen molar-refractivity contribution in [1.82, 2.24) is 10.0 Å². The van der Waals surface area contributed by atoms with E-state index in [1.54, 1.807) is 0 Å². The summed E-state index contributed by atoms with van der Waals surface area (Å²) in [5.41, 5.74) is 1.44. The lowest BCUT2D eigenvalue weighted by Crippen LogP contribution is -2.45. The lowest BCUT2D eigenvalue weighted by atomic mass is 9.88. The number of anilines is 1. The minimum absolute atomic E-state index is 0.166. The maximum Gasteiger partial charge on any atom is 0.137 e. The Bertz CT molecular complexity index is 380. The average Bonchev–Trinajstić information content (AvgIpc) is 2.38. The number of aromatic nitrogens is 1. The largest absolute Gasteiger partial charge is 0.354 e. The van der Waals surface area contributed by atoms with Gasteiger partial charge in [0.25, 0.3) is 0 Å². The molecule has 0 radical (unpaired) electrons. The Hall–Kier alpha value is -0.400. The van der Waals surface area contributed by atoms with Crippen molar-refractivity contribution >= 4 is 28.8 Å². The summed E-state index contributed by atoms with van der Waals surface area (Å²) in [6.45, 7) is 10.4. The van der Waals surface area contributed by atoms with Crippen LogP contribution in [0, 0.1) is 0 Å². The van der Waals surface area contributed by atoms with Crippen molar-refractivity contribution in [3.63, 3.8) is 0 Å². The van der Waals surface area contributed by atoms with Crippen molar-refractivity contribution < 1.29 is 3.17 Å². The van der Waals surface area contributed by atoms with Gasteiger partial charge in [-0.1, -0.05) is 26.8 Å². The van der Waals surface area contributed by atoms with Crippen LogP contribution >= 0.6 is 23.0 Å². The monoisotopic (exact) mass is 361 g/mol. The molecule has 1 saturated heterocycles. The van der Waals surface area contributed by atoms with Crippen molar-refractivity contribution in [3.8, 4) is 0 Å². The van der Waals surface area contributed by atoms with E-state index in [9.17, 15) is 0 Å². The normalized spacial score (nSPS) is 18.1. The topological polar surface area (TPSA) is 28.6 Å². The molecule has 4 nitrogen and oxygen atoms in total. The molecule has 0 bridgehead atoms. The molecule has 0 unspecified atom stereocenters. The predicted octanol–water partition coefficient (Wildman–Crippen LogP) is 2.78. The number of hydrogen-bond acceptors (Lipinski definition) is 4. The molecule has 2 rings (SSSR count). The molecule has 1 aromatic rings. The van der Waals surface area contributed by atoms with E-state index in [2.05, 4.69) is 42.8 Å². The summed E-state index contributed by atoms with van der Waals surface area (Å²) >= 11 is 1.93. The molecule has 18 heavy (non-hydrogen) atoms. The standard InChI is InChI=1S/C13H20IN3O/c1-13(2,3)11-4-5-12(15-10-11)16-6-8-17(18-14)9-7-16/h4-5,10H,6-9H2,1-3H3. The molecule has 0 spiro atoms. The van der Waals surface area contributed by atoms with Crippen LogP contribution < -0.4 is 4.90 Å². The summed E-state index contributed by atoms with van der Waals surface area (Å²) in [5.74, 6) is 1.07. The molecule has 0 atom stereocenters. The Morgan fingerprint density at radius 3 is 2.28 bits per heavy atom. The van der Waals surface area contributed by atoms with Gasteiger partial charge in [-0.25, -0.2) is 8.15 Å². The third-order valence-corrected chi connectivity index (χ3v) is 3.83. The number of pyridine rings is 1. The van der Waals surface area contributed by atoms with E-state index in [0.717, 1.165) is 32.0 Å². The minimum Gasteiger partial charge on any atom is -0.354 e. The Morgan fingerprint density at radius 1 is 1.17 bits per heavy atom. The van der Waals surface area contributed by atoms with Gasteiger partial charge in [-0.15, -0.1) is 0 Å². The van der Waals surface area contributed by atoms with Crippen LogP contribution in [0.5, 0.6) is 0 Å². The lowest BCUT2D eigenvalue weighted by molar-refractivity contribution is -0.0147. The van der Waals surface area contributed by atoms with Crippen LogP contribution in [0.25, 0.3) is 0 Å².